The summed E-state index contributed by atoms with van der Waals surface area (Å²) in [6, 6.07) is 17.8. The number of aromatic amines is 1. The van der Waals surface area contributed by atoms with Crippen LogP contribution in [0, 0.1) is 10.1 Å². The predicted molar refractivity (Wildman–Crippen MR) is 133 cm³/mol. The van der Waals surface area contributed by atoms with Gasteiger partial charge in [0.25, 0.3) is 5.69 Å². The van der Waals surface area contributed by atoms with Crippen molar-refractivity contribution in [1.29, 1.82) is 0 Å². The molecule has 9 nitrogen and oxygen atoms in total. The molecule has 35 heavy (non-hydrogen) atoms. The van der Waals surface area contributed by atoms with Gasteiger partial charge in [-0.15, -0.1) is 0 Å². The average Bonchev–Trinajstić information content (AvgIpc) is 3.17. The van der Waals surface area contributed by atoms with E-state index in [9.17, 15) is 15.2 Å². The van der Waals surface area contributed by atoms with Crippen LogP contribution in [0.4, 0.5) is 11.4 Å². The lowest BCUT2D eigenvalue weighted by Crippen LogP contribution is -2.16. The van der Waals surface area contributed by atoms with Gasteiger partial charge in [-0.25, -0.2) is 4.99 Å². The van der Waals surface area contributed by atoms with Crippen molar-refractivity contribution in [3.8, 4) is 17.4 Å². The zero-order valence-corrected chi connectivity index (χ0v) is 19.3. The van der Waals surface area contributed by atoms with Crippen molar-refractivity contribution in [1.82, 2.24) is 9.88 Å². The minimum atomic E-state index is -0.470. The topological polar surface area (TPSA) is 113 Å². The van der Waals surface area contributed by atoms with E-state index >= 15 is 0 Å². The molecular formula is C26H24N4O5. The number of nitrogens with zero attached hydrogens (tertiary/aromatic N) is 3. The van der Waals surface area contributed by atoms with Gasteiger partial charge in [0.1, 0.15) is 13.2 Å². The third kappa shape index (κ3) is 4.53. The number of rotatable bonds is 6. The van der Waals surface area contributed by atoms with Crippen LogP contribution in [0.3, 0.4) is 0 Å². The smallest absolute Gasteiger partial charge is 0.271 e. The number of hydrogen-bond donors (Lipinski definition) is 2. The summed E-state index contributed by atoms with van der Waals surface area (Å²) in [4.78, 5) is 20.6. The monoisotopic (exact) mass is 472 g/mol. The Morgan fingerprint density at radius 2 is 1.80 bits per heavy atom. The van der Waals surface area contributed by atoms with Crippen LogP contribution in [0.25, 0.3) is 10.9 Å². The first-order valence-electron chi connectivity index (χ1n) is 11.1. The molecule has 2 heterocycles. The number of non-ortho nitro benzene ring substituents is 1. The van der Waals surface area contributed by atoms with Gasteiger partial charge in [-0.3, -0.25) is 10.1 Å². The summed E-state index contributed by atoms with van der Waals surface area (Å²) in [6.07, 6.45) is 0. The highest BCUT2D eigenvalue weighted by atomic mass is 16.6. The second-order valence-corrected chi connectivity index (χ2v) is 8.56. The third-order valence-electron chi connectivity index (χ3n) is 5.70. The first-order valence-corrected chi connectivity index (χ1v) is 11.1. The van der Waals surface area contributed by atoms with Crippen molar-refractivity contribution in [2.24, 2.45) is 4.99 Å². The van der Waals surface area contributed by atoms with E-state index in [-0.39, 0.29) is 11.6 Å². The number of ether oxygens (including phenoxy) is 2. The van der Waals surface area contributed by atoms with Crippen molar-refractivity contribution in [3.05, 3.63) is 87.5 Å². The van der Waals surface area contributed by atoms with Gasteiger partial charge >= 0.3 is 0 Å². The number of benzene rings is 3. The van der Waals surface area contributed by atoms with Crippen LogP contribution in [0.5, 0.6) is 17.4 Å². The molecule has 2 N–H and O–H groups in total. The molecule has 3 aromatic carbocycles. The lowest BCUT2D eigenvalue weighted by Gasteiger charge is -2.19. The molecule has 5 rings (SSSR count). The minimum absolute atomic E-state index is 0.0698. The van der Waals surface area contributed by atoms with Crippen LogP contribution in [-0.2, 0) is 6.54 Å². The first kappa shape index (κ1) is 22.4. The largest absolute Gasteiger partial charge is 0.494 e. The number of fused-ring (bicyclic) bond motifs is 2. The number of nitrogens with one attached hydrogen (secondary N) is 1. The number of aromatic hydroxyl groups is 1. The predicted octanol–water partition coefficient (Wildman–Crippen LogP) is 4.78. The number of aromatic nitrogens is 1. The van der Waals surface area contributed by atoms with E-state index in [1.807, 2.05) is 56.6 Å². The maximum absolute atomic E-state index is 11.2. The highest BCUT2D eigenvalue weighted by Crippen LogP contribution is 2.36. The standard InChI is InChI=1S/C26H24N4O5/c1-29(2)15-16-3-6-18(7-4-16)27-25(17-5-10-22-23(13-17)35-12-11-34-22)24-20-9-8-19(30(32)33)14-21(20)28-26(24)31/h3-10,13-14,28,31H,11-12,15H2,1-2H3. The molecule has 4 aromatic rings. The summed E-state index contributed by atoms with van der Waals surface area (Å²) >= 11 is 0. The normalized spacial score (nSPS) is 13.4. The third-order valence-corrected chi connectivity index (χ3v) is 5.70. The molecule has 1 aromatic heterocycles. The highest BCUT2D eigenvalue weighted by molar-refractivity contribution is 6.22. The molecule has 0 atom stereocenters. The number of nitro groups is 1. The van der Waals surface area contributed by atoms with E-state index in [1.165, 1.54) is 12.1 Å². The van der Waals surface area contributed by atoms with E-state index in [0.717, 1.165) is 12.1 Å². The average molecular weight is 473 g/mol. The maximum atomic E-state index is 11.2. The van der Waals surface area contributed by atoms with Crippen molar-refractivity contribution >= 4 is 28.0 Å². The number of aliphatic imine (C=N–C) groups is 1. The fourth-order valence-electron chi connectivity index (χ4n) is 4.15. The Morgan fingerprint density at radius 1 is 1.06 bits per heavy atom. The maximum Gasteiger partial charge on any atom is 0.271 e. The Bertz CT molecular complexity index is 1440. The van der Waals surface area contributed by atoms with Crippen molar-refractivity contribution in [2.75, 3.05) is 27.3 Å². The molecule has 1 aliphatic rings. The molecule has 1 aliphatic heterocycles. The molecule has 0 fully saturated rings. The molecule has 0 amide bonds. The second kappa shape index (κ2) is 9.11. The fraction of sp³-hybridized carbons (Fsp3) is 0.192. The lowest BCUT2D eigenvalue weighted by molar-refractivity contribution is -0.384. The molecule has 0 aliphatic carbocycles. The minimum Gasteiger partial charge on any atom is -0.494 e. The van der Waals surface area contributed by atoms with Crippen LogP contribution < -0.4 is 9.47 Å². The summed E-state index contributed by atoms with van der Waals surface area (Å²) < 4.78 is 11.4. The fourth-order valence-corrected chi connectivity index (χ4v) is 4.15. The molecule has 0 saturated carbocycles. The summed E-state index contributed by atoms with van der Waals surface area (Å²) in [5.74, 6) is 1.11. The van der Waals surface area contributed by atoms with E-state index in [2.05, 4.69) is 9.88 Å². The van der Waals surface area contributed by atoms with Crippen LogP contribution in [0.1, 0.15) is 16.7 Å². The zero-order valence-electron chi connectivity index (χ0n) is 19.3. The molecule has 0 saturated heterocycles. The van der Waals surface area contributed by atoms with Crippen molar-refractivity contribution in [3.63, 3.8) is 0 Å². The molecule has 0 bridgehead atoms. The Balaban J connectivity index is 1.67. The van der Waals surface area contributed by atoms with Gasteiger partial charge in [0.15, 0.2) is 17.4 Å². The summed E-state index contributed by atoms with van der Waals surface area (Å²) in [5, 5.41) is 22.7. The quantitative estimate of drug-likeness (QED) is 0.237. The Morgan fingerprint density at radius 3 is 2.51 bits per heavy atom. The van der Waals surface area contributed by atoms with Crippen LogP contribution in [-0.4, -0.2) is 52.9 Å². The Hall–Kier alpha value is -4.37. The highest BCUT2D eigenvalue weighted by Gasteiger charge is 2.22. The summed E-state index contributed by atoms with van der Waals surface area (Å²) in [7, 11) is 4.02. The van der Waals surface area contributed by atoms with Gasteiger partial charge < -0.3 is 24.5 Å². The van der Waals surface area contributed by atoms with Gasteiger partial charge in [0.05, 0.1) is 27.4 Å². The zero-order chi connectivity index (χ0) is 24.5. The summed E-state index contributed by atoms with van der Waals surface area (Å²) in [6.45, 7) is 1.73. The van der Waals surface area contributed by atoms with Gasteiger partial charge in [-0.05, 0) is 56.1 Å². The number of H-pyrrole nitrogens is 1. The van der Waals surface area contributed by atoms with Crippen LogP contribution in [0.2, 0.25) is 0 Å². The van der Waals surface area contributed by atoms with E-state index in [1.54, 1.807) is 6.07 Å². The van der Waals surface area contributed by atoms with Gasteiger partial charge in [0, 0.05) is 29.6 Å². The lowest BCUT2D eigenvalue weighted by atomic mass is 10.00. The number of nitro benzene ring substituents is 1. The second-order valence-electron chi connectivity index (χ2n) is 8.56. The first-order chi connectivity index (χ1) is 16.9. The van der Waals surface area contributed by atoms with Crippen LogP contribution in [0.15, 0.2) is 65.7 Å². The van der Waals surface area contributed by atoms with Crippen molar-refractivity contribution < 1.29 is 19.5 Å². The van der Waals surface area contributed by atoms with Gasteiger partial charge in [0.2, 0.25) is 0 Å². The van der Waals surface area contributed by atoms with Crippen molar-refractivity contribution in [2.45, 2.75) is 6.54 Å². The Kier molecular flexibility index (Phi) is 5.84. The van der Waals surface area contributed by atoms with Gasteiger partial charge in [-0.2, -0.15) is 0 Å². The molecule has 9 heteroatoms. The van der Waals surface area contributed by atoms with Gasteiger partial charge in [-0.1, -0.05) is 12.1 Å². The molecule has 0 spiro atoms. The van der Waals surface area contributed by atoms with E-state index < -0.39 is 4.92 Å². The molecule has 178 valence electrons. The summed E-state index contributed by atoms with van der Waals surface area (Å²) in [5.41, 5.74) is 3.88. The van der Waals surface area contributed by atoms with Crippen LogP contribution >= 0.6 is 0 Å². The Labute approximate surface area is 201 Å². The molecular weight excluding hydrogens is 448 g/mol. The van der Waals surface area contributed by atoms with E-state index in [4.69, 9.17) is 14.5 Å². The number of hydrogen-bond acceptors (Lipinski definition) is 7. The van der Waals surface area contributed by atoms with E-state index in [0.29, 0.717) is 58.1 Å². The molecule has 0 radical (unpaired) electrons. The SMILES string of the molecule is CN(C)Cc1ccc(N=C(c2ccc3c(c2)OCCO3)c2c(O)[nH]c3cc([N+](=O)[O-])ccc23)cc1. The molecule has 0 unspecified atom stereocenters.